The first-order chi connectivity index (χ1) is 9.65. The monoisotopic (exact) mass is 323 g/mol. The second-order valence-corrected chi connectivity index (χ2v) is 6.31. The molecule has 0 aliphatic rings. The lowest BCUT2D eigenvalue weighted by Gasteiger charge is -2.14. The number of allylic oxidation sites excluding steroid dienone is 1. The van der Waals surface area contributed by atoms with Crippen molar-refractivity contribution < 1.29 is 26.7 Å². The van der Waals surface area contributed by atoms with Crippen LogP contribution in [-0.4, -0.2) is 25.8 Å². The van der Waals surface area contributed by atoms with E-state index in [1.54, 1.807) is 0 Å². The van der Waals surface area contributed by atoms with Crippen LogP contribution in [0.3, 0.4) is 0 Å². The molecular formula is C13H16F3NO3S. The number of nitrogens with one attached hydrogen (secondary N) is 1. The van der Waals surface area contributed by atoms with Gasteiger partial charge in [-0.05, 0) is 24.1 Å². The third-order valence-electron chi connectivity index (χ3n) is 2.69. The molecule has 0 aliphatic heterocycles. The molecule has 1 unspecified atom stereocenters. The first kappa shape index (κ1) is 17.7. The van der Waals surface area contributed by atoms with Gasteiger partial charge in [0.25, 0.3) is 0 Å². The zero-order chi connectivity index (χ0) is 16.1. The summed E-state index contributed by atoms with van der Waals surface area (Å²) in [5, 5.41) is 9.78. The molecule has 0 radical (unpaired) electrons. The van der Waals surface area contributed by atoms with Crippen LogP contribution in [-0.2, 0) is 16.2 Å². The van der Waals surface area contributed by atoms with Crippen LogP contribution in [0.15, 0.2) is 36.9 Å². The Bertz CT molecular complexity index is 585. The van der Waals surface area contributed by atoms with Crippen molar-refractivity contribution in [3.63, 3.8) is 0 Å². The number of hydrogen-bond acceptors (Lipinski definition) is 3. The highest BCUT2D eigenvalue weighted by atomic mass is 32.2. The van der Waals surface area contributed by atoms with Gasteiger partial charge in [0.15, 0.2) is 0 Å². The number of sulfonamides is 1. The topological polar surface area (TPSA) is 66.4 Å². The fourth-order valence-electron chi connectivity index (χ4n) is 1.56. The number of rotatable bonds is 7. The third kappa shape index (κ3) is 5.86. The fraction of sp³-hybridized carbons (Fsp3) is 0.385. The van der Waals surface area contributed by atoms with Crippen molar-refractivity contribution >= 4 is 10.0 Å². The molecule has 0 aliphatic carbocycles. The van der Waals surface area contributed by atoms with Crippen LogP contribution >= 0.6 is 0 Å². The van der Waals surface area contributed by atoms with Gasteiger partial charge < -0.3 is 5.11 Å². The van der Waals surface area contributed by atoms with E-state index in [0.717, 1.165) is 18.2 Å². The predicted octanol–water partition coefficient (Wildman–Crippen LogP) is 2.23. The minimum absolute atomic E-state index is 0.00348. The van der Waals surface area contributed by atoms with Crippen LogP contribution in [0.5, 0.6) is 0 Å². The molecule has 0 spiro atoms. The van der Waals surface area contributed by atoms with Crippen LogP contribution in [0, 0.1) is 0 Å². The molecule has 1 atom stereocenters. The molecule has 0 bridgehead atoms. The standard InChI is InChI=1S/C13H16F3NO3S/c1-2-3-7-21(19,20)17-9-12(18)10-5-4-6-11(8-10)13(14,15)16/h2,4-6,8,12,17-18H,1,3,7,9H2. The lowest BCUT2D eigenvalue weighted by molar-refractivity contribution is -0.137. The van der Waals surface area contributed by atoms with Crippen molar-refractivity contribution in [2.75, 3.05) is 12.3 Å². The van der Waals surface area contributed by atoms with Crippen LogP contribution in [0.4, 0.5) is 13.2 Å². The Morgan fingerprint density at radius 3 is 2.62 bits per heavy atom. The molecule has 0 heterocycles. The molecule has 8 heteroatoms. The highest BCUT2D eigenvalue weighted by molar-refractivity contribution is 7.89. The normalized spacial score (nSPS) is 13.9. The van der Waals surface area contributed by atoms with Crippen LogP contribution < -0.4 is 4.72 Å². The largest absolute Gasteiger partial charge is 0.416 e. The zero-order valence-electron chi connectivity index (χ0n) is 11.1. The summed E-state index contributed by atoms with van der Waals surface area (Å²) in [4.78, 5) is 0. The number of hydrogen-bond donors (Lipinski definition) is 2. The van der Waals surface area contributed by atoms with Crippen molar-refractivity contribution in [3.8, 4) is 0 Å². The molecule has 0 amide bonds. The first-order valence-electron chi connectivity index (χ1n) is 6.09. The average molecular weight is 323 g/mol. The summed E-state index contributed by atoms with van der Waals surface area (Å²) in [6.45, 7) is 3.00. The van der Waals surface area contributed by atoms with Crippen LogP contribution in [0.1, 0.15) is 23.7 Å². The van der Waals surface area contributed by atoms with E-state index >= 15 is 0 Å². The molecule has 118 valence electrons. The number of aliphatic hydroxyl groups excluding tert-OH is 1. The molecule has 4 nitrogen and oxygen atoms in total. The van der Waals surface area contributed by atoms with E-state index in [2.05, 4.69) is 11.3 Å². The van der Waals surface area contributed by atoms with Gasteiger partial charge in [-0.25, -0.2) is 13.1 Å². The second-order valence-electron chi connectivity index (χ2n) is 4.38. The van der Waals surface area contributed by atoms with Crippen molar-refractivity contribution in [2.45, 2.75) is 18.7 Å². The minimum Gasteiger partial charge on any atom is -0.387 e. The predicted molar refractivity (Wildman–Crippen MR) is 73.0 cm³/mol. The average Bonchev–Trinajstić information content (AvgIpc) is 2.42. The minimum atomic E-state index is -4.51. The molecule has 0 saturated heterocycles. The maximum atomic E-state index is 12.5. The molecule has 0 aromatic heterocycles. The van der Waals surface area contributed by atoms with Crippen molar-refractivity contribution in [1.82, 2.24) is 4.72 Å². The lowest BCUT2D eigenvalue weighted by atomic mass is 10.1. The summed E-state index contributed by atoms with van der Waals surface area (Å²) < 4.78 is 62.8. The van der Waals surface area contributed by atoms with Crippen LogP contribution in [0.25, 0.3) is 0 Å². The highest BCUT2D eigenvalue weighted by Gasteiger charge is 2.30. The Morgan fingerprint density at radius 2 is 2.05 bits per heavy atom. The Hall–Kier alpha value is -1.38. The van der Waals surface area contributed by atoms with E-state index in [1.165, 1.54) is 12.1 Å². The molecule has 0 saturated carbocycles. The molecule has 1 rings (SSSR count). The quantitative estimate of drug-likeness (QED) is 0.756. The molecule has 2 N–H and O–H groups in total. The Kier molecular flexibility index (Phi) is 5.94. The third-order valence-corrected chi connectivity index (χ3v) is 4.07. The summed E-state index contributed by atoms with van der Waals surface area (Å²) in [7, 11) is -3.59. The smallest absolute Gasteiger partial charge is 0.387 e. The summed E-state index contributed by atoms with van der Waals surface area (Å²) >= 11 is 0. The lowest BCUT2D eigenvalue weighted by Crippen LogP contribution is -2.30. The molecule has 21 heavy (non-hydrogen) atoms. The van der Waals surface area contributed by atoms with E-state index in [-0.39, 0.29) is 24.3 Å². The number of halogens is 3. The Labute approximate surface area is 121 Å². The molecule has 0 fully saturated rings. The first-order valence-corrected chi connectivity index (χ1v) is 7.74. The molecule has 1 aromatic carbocycles. The van der Waals surface area contributed by atoms with Gasteiger partial charge in [0.05, 0.1) is 17.4 Å². The summed E-state index contributed by atoms with van der Waals surface area (Å²) in [5.41, 5.74) is -0.898. The van der Waals surface area contributed by atoms with Crippen molar-refractivity contribution in [3.05, 3.63) is 48.0 Å². The van der Waals surface area contributed by atoms with Gasteiger partial charge in [-0.2, -0.15) is 13.2 Å². The summed E-state index contributed by atoms with van der Waals surface area (Å²) in [6, 6.07) is 4.14. The van der Waals surface area contributed by atoms with E-state index < -0.39 is 27.9 Å². The van der Waals surface area contributed by atoms with Gasteiger partial charge in [0.1, 0.15) is 0 Å². The molecular weight excluding hydrogens is 307 g/mol. The Morgan fingerprint density at radius 1 is 1.38 bits per heavy atom. The fourth-order valence-corrected chi connectivity index (χ4v) is 2.59. The maximum absolute atomic E-state index is 12.5. The van der Waals surface area contributed by atoms with Gasteiger partial charge in [0.2, 0.25) is 10.0 Å². The van der Waals surface area contributed by atoms with E-state index in [9.17, 15) is 26.7 Å². The second kappa shape index (κ2) is 7.06. The summed E-state index contributed by atoms with van der Waals surface area (Å²) in [6.07, 6.45) is -4.19. The van der Waals surface area contributed by atoms with E-state index in [4.69, 9.17) is 0 Å². The van der Waals surface area contributed by atoms with Gasteiger partial charge >= 0.3 is 6.18 Å². The zero-order valence-corrected chi connectivity index (χ0v) is 11.9. The van der Waals surface area contributed by atoms with E-state index in [1.807, 2.05) is 0 Å². The van der Waals surface area contributed by atoms with Crippen molar-refractivity contribution in [2.24, 2.45) is 0 Å². The van der Waals surface area contributed by atoms with Crippen LogP contribution in [0.2, 0.25) is 0 Å². The van der Waals surface area contributed by atoms with Crippen molar-refractivity contribution in [1.29, 1.82) is 0 Å². The number of aliphatic hydroxyl groups is 1. The van der Waals surface area contributed by atoms with Gasteiger partial charge in [-0.15, -0.1) is 6.58 Å². The SMILES string of the molecule is C=CCCS(=O)(=O)NCC(O)c1cccc(C(F)(F)F)c1. The Balaban J connectivity index is 2.72. The maximum Gasteiger partial charge on any atom is 0.416 e. The van der Waals surface area contributed by atoms with E-state index in [0.29, 0.717) is 0 Å². The summed E-state index contributed by atoms with van der Waals surface area (Å²) in [5.74, 6) is -0.189. The van der Waals surface area contributed by atoms with Gasteiger partial charge in [-0.1, -0.05) is 18.2 Å². The molecule has 1 aromatic rings. The highest BCUT2D eigenvalue weighted by Crippen LogP contribution is 2.30. The van der Waals surface area contributed by atoms with Gasteiger partial charge in [0, 0.05) is 6.54 Å². The van der Waals surface area contributed by atoms with Gasteiger partial charge in [-0.3, -0.25) is 0 Å². The number of alkyl halides is 3. The number of benzene rings is 1.